The minimum absolute atomic E-state index is 0.158. The Labute approximate surface area is 58.7 Å². The highest BCUT2D eigenvalue weighted by Gasteiger charge is 2.00. The maximum absolute atomic E-state index is 10.4. The van der Waals surface area contributed by atoms with Gasteiger partial charge >= 0.3 is 12.2 Å². The summed E-state index contributed by atoms with van der Waals surface area (Å²) in [4.78, 5) is 12.9. The quantitative estimate of drug-likeness (QED) is 0.187. The van der Waals surface area contributed by atoms with Crippen molar-refractivity contribution in [1.29, 1.82) is 0 Å². The lowest BCUT2D eigenvalue weighted by Crippen LogP contribution is -2.07. The highest BCUT2D eigenvalue weighted by Crippen LogP contribution is 1.86. The third-order valence-electron chi connectivity index (χ3n) is 0.624. The number of rotatable bonds is 3. The first-order valence-corrected chi connectivity index (χ1v) is 2.65. The highest BCUT2D eigenvalue weighted by molar-refractivity contribution is 6.20. The largest absolute Gasteiger partial charge is 0.453 e. The van der Waals surface area contributed by atoms with Gasteiger partial charge in [0, 0.05) is 0 Å². The van der Waals surface area contributed by atoms with Crippen LogP contribution < -0.4 is 0 Å². The van der Waals surface area contributed by atoms with Crippen LogP contribution >= 0.6 is 0 Å². The Morgan fingerprint density at radius 3 is 2.90 bits per heavy atom. The molecule has 0 rings (SSSR count). The van der Waals surface area contributed by atoms with E-state index in [2.05, 4.69) is 16.1 Å². The fourth-order valence-electron chi connectivity index (χ4n) is 0.279. The Balaban J connectivity index is 3.60. The van der Waals surface area contributed by atoms with E-state index >= 15 is 0 Å². The molecule has 10 heavy (non-hydrogen) atoms. The molecular formula is C6H8N2O2. The molecule has 0 aliphatic rings. The topological polar surface area (TPSA) is 62.7 Å². The summed E-state index contributed by atoms with van der Waals surface area (Å²) in [5.41, 5.74) is 8.58. The molecule has 0 bridgehead atoms. The third kappa shape index (κ3) is 4.74. The van der Waals surface area contributed by atoms with Gasteiger partial charge in [0.1, 0.15) is 6.61 Å². The maximum atomic E-state index is 10.4. The molecule has 0 atom stereocenters. The van der Waals surface area contributed by atoms with Gasteiger partial charge in [0.05, 0.1) is 0 Å². The minimum atomic E-state index is -0.675. The molecule has 0 saturated carbocycles. The van der Waals surface area contributed by atoms with Crippen molar-refractivity contribution in [2.75, 3.05) is 6.61 Å². The Kier molecular flexibility index (Phi) is 3.84. The number of carbonyl (C=O) groups excluding carboxylic acids is 1. The summed E-state index contributed by atoms with van der Waals surface area (Å²) in [5, 5.41) is 0. The monoisotopic (exact) mass is 140 g/mol. The molecule has 4 nitrogen and oxygen atoms in total. The van der Waals surface area contributed by atoms with Crippen LogP contribution in [0.5, 0.6) is 0 Å². The van der Waals surface area contributed by atoms with Crippen LogP contribution in [0.1, 0.15) is 6.92 Å². The second-order valence-corrected chi connectivity index (χ2v) is 1.81. The molecule has 0 unspecified atom stereocenters. The Hall–Kier alpha value is -1.41. The Bertz CT molecular complexity index is 192. The van der Waals surface area contributed by atoms with Crippen molar-refractivity contribution < 1.29 is 14.3 Å². The van der Waals surface area contributed by atoms with Crippen molar-refractivity contribution in [3.63, 3.8) is 0 Å². The lowest BCUT2D eigenvalue weighted by atomic mass is 10.4. The van der Waals surface area contributed by atoms with Gasteiger partial charge in [0.2, 0.25) is 0 Å². The fourth-order valence-corrected chi connectivity index (χ4v) is 0.279. The van der Waals surface area contributed by atoms with Gasteiger partial charge in [-0.3, -0.25) is 0 Å². The zero-order valence-corrected chi connectivity index (χ0v) is 5.70. The number of nitrogens with zero attached hydrogens (tertiary/aromatic N) is 2. The van der Waals surface area contributed by atoms with Crippen LogP contribution in [-0.4, -0.2) is 23.6 Å². The third-order valence-corrected chi connectivity index (χ3v) is 0.624. The number of ether oxygens (including phenoxy) is 1. The molecule has 54 valence electrons. The first kappa shape index (κ1) is 8.59. The van der Waals surface area contributed by atoms with Crippen molar-refractivity contribution >= 4 is 12.2 Å². The van der Waals surface area contributed by atoms with E-state index in [1.165, 1.54) is 0 Å². The van der Waals surface area contributed by atoms with Gasteiger partial charge in [-0.25, -0.2) is 4.79 Å². The van der Waals surface area contributed by atoms with E-state index in [4.69, 9.17) is 5.53 Å². The van der Waals surface area contributed by atoms with E-state index < -0.39 is 5.97 Å². The van der Waals surface area contributed by atoms with Crippen LogP contribution in [0, 0.1) is 0 Å². The molecule has 0 aromatic carbocycles. The van der Waals surface area contributed by atoms with Gasteiger partial charge < -0.3 is 10.3 Å². The van der Waals surface area contributed by atoms with Gasteiger partial charge in [-0.2, -0.15) is 4.79 Å². The van der Waals surface area contributed by atoms with Crippen LogP contribution in [0.3, 0.4) is 0 Å². The van der Waals surface area contributed by atoms with E-state index in [0.717, 1.165) is 5.57 Å². The average molecular weight is 140 g/mol. The standard InChI is InChI=1S/C6H8N2O2/c1-5(2)4-10-6(9)3-8-7/h3H,1,4H2,2H3. The average Bonchev–Trinajstić information content (AvgIpc) is 1.85. The van der Waals surface area contributed by atoms with Crippen molar-refractivity contribution in [3.05, 3.63) is 17.7 Å². The molecule has 0 N–H and O–H groups in total. The first-order chi connectivity index (χ1) is 4.66. The van der Waals surface area contributed by atoms with Crippen molar-refractivity contribution in [2.45, 2.75) is 6.92 Å². The fraction of sp³-hybridized carbons (Fsp3) is 0.333. The molecule has 0 spiro atoms. The van der Waals surface area contributed by atoms with Crippen LogP contribution in [0.4, 0.5) is 0 Å². The summed E-state index contributed by atoms with van der Waals surface area (Å²) in [5.74, 6) is -0.675. The summed E-state index contributed by atoms with van der Waals surface area (Å²) >= 11 is 0. The lowest BCUT2D eigenvalue weighted by Gasteiger charge is -1.95. The van der Waals surface area contributed by atoms with Crippen LogP contribution in [0.2, 0.25) is 0 Å². The molecule has 0 fully saturated rings. The summed E-state index contributed by atoms with van der Waals surface area (Å²) < 4.78 is 4.50. The van der Waals surface area contributed by atoms with Crippen LogP contribution in [0.25, 0.3) is 5.53 Å². The number of hydrogen-bond acceptors (Lipinski definition) is 2. The van der Waals surface area contributed by atoms with Gasteiger partial charge in [-0.05, 0) is 12.5 Å². The molecule has 0 radical (unpaired) electrons. The van der Waals surface area contributed by atoms with E-state index in [9.17, 15) is 4.79 Å². The minimum Gasteiger partial charge on any atom is -0.453 e. The second-order valence-electron chi connectivity index (χ2n) is 1.81. The molecular weight excluding hydrogens is 132 g/mol. The molecule has 0 aliphatic heterocycles. The maximum Gasteiger partial charge on any atom is 0.413 e. The summed E-state index contributed by atoms with van der Waals surface area (Å²) in [6.45, 7) is 5.39. The van der Waals surface area contributed by atoms with Gasteiger partial charge in [0.15, 0.2) is 0 Å². The molecule has 4 heteroatoms. The zero-order chi connectivity index (χ0) is 7.98. The summed E-state index contributed by atoms with van der Waals surface area (Å²) in [6.07, 6.45) is 0.683. The van der Waals surface area contributed by atoms with E-state index in [1.54, 1.807) is 6.92 Å². The van der Waals surface area contributed by atoms with Crippen molar-refractivity contribution in [1.82, 2.24) is 0 Å². The van der Waals surface area contributed by atoms with E-state index in [0.29, 0.717) is 6.21 Å². The lowest BCUT2D eigenvalue weighted by molar-refractivity contribution is -0.137. The smallest absolute Gasteiger partial charge is 0.413 e. The molecule has 0 aromatic rings. The molecule has 0 aromatic heterocycles. The molecule has 0 aliphatic carbocycles. The summed E-state index contributed by atoms with van der Waals surface area (Å²) in [6, 6.07) is 0. The second kappa shape index (κ2) is 4.47. The van der Waals surface area contributed by atoms with Gasteiger partial charge in [0.25, 0.3) is 0 Å². The van der Waals surface area contributed by atoms with Gasteiger partial charge in [-0.1, -0.05) is 6.58 Å². The SMILES string of the molecule is C=C(C)COC(=O)C=[N+]=[N-]. The molecule has 0 saturated heterocycles. The van der Waals surface area contributed by atoms with Crippen molar-refractivity contribution in [2.24, 2.45) is 0 Å². The molecule has 0 amide bonds. The van der Waals surface area contributed by atoms with E-state index in [1.807, 2.05) is 0 Å². The number of carbonyl (C=O) groups is 1. The van der Waals surface area contributed by atoms with Crippen LogP contribution in [0.15, 0.2) is 12.2 Å². The predicted octanol–water partition coefficient (Wildman–Crippen LogP) is 0.406. The normalized spacial score (nSPS) is 7.70. The van der Waals surface area contributed by atoms with Crippen LogP contribution in [-0.2, 0) is 9.53 Å². The summed E-state index contributed by atoms with van der Waals surface area (Å²) in [7, 11) is 0. The number of hydrogen-bond donors (Lipinski definition) is 0. The first-order valence-electron chi connectivity index (χ1n) is 2.65. The predicted molar refractivity (Wildman–Crippen MR) is 35.5 cm³/mol. The van der Waals surface area contributed by atoms with Gasteiger partial charge in [-0.15, -0.1) is 0 Å². The molecule has 0 heterocycles. The number of esters is 1. The zero-order valence-electron chi connectivity index (χ0n) is 5.70. The Morgan fingerprint density at radius 2 is 2.50 bits per heavy atom. The highest BCUT2D eigenvalue weighted by atomic mass is 16.5. The Morgan fingerprint density at radius 1 is 1.90 bits per heavy atom. The van der Waals surface area contributed by atoms with Crippen molar-refractivity contribution in [3.8, 4) is 0 Å². The van der Waals surface area contributed by atoms with E-state index in [-0.39, 0.29) is 6.61 Å².